The highest BCUT2D eigenvalue weighted by molar-refractivity contribution is 9.10. The maximum Gasteiger partial charge on any atom is 0.262 e. The van der Waals surface area contributed by atoms with Gasteiger partial charge in [0.25, 0.3) is 5.91 Å². The lowest BCUT2D eigenvalue weighted by Gasteiger charge is -2.20. The van der Waals surface area contributed by atoms with Gasteiger partial charge in [-0.05, 0) is 57.2 Å². The summed E-state index contributed by atoms with van der Waals surface area (Å²) in [6.45, 7) is 6.32. The Labute approximate surface area is 161 Å². The SMILES string of the molecule is COc1ccc(NC(=O)COc2ccc(C(C)(C)C)cc2Br)cc1Cl. The molecule has 0 bridgehead atoms. The van der Waals surface area contributed by atoms with E-state index in [9.17, 15) is 4.79 Å². The van der Waals surface area contributed by atoms with Crippen LogP contribution in [0.3, 0.4) is 0 Å². The van der Waals surface area contributed by atoms with Crippen molar-refractivity contribution >= 4 is 39.1 Å². The molecule has 0 spiro atoms. The maximum absolute atomic E-state index is 12.1. The van der Waals surface area contributed by atoms with Gasteiger partial charge in [0.15, 0.2) is 6.61 Å². The van der Waals surface area contributed by atoms with Crippen molar-refractivity contribution in [2.24, 2.45) is 0 Å². The molecule has 2 rings (SSSR count). The molecule has 0 aromatic heterocycles. The van der Waals surface area contributed by atoms with Gasteiger partial charge in [-0.1, -0.05) is 38.4 Å². The Morgan fingerprint density at radius 2 is 1.84 bits per heavy atom. The van der Waals surface area contributed by atoms with Crippen LogP contribution >= 0.6 is 27.5 Å². The Bertz CT molecular complexity index is 772. The van der Waals surface area contributed by atoms with Crippen LogP contribution in [0.2, 0.25) is 5.02 Å². The predicted octanol–water partition coefficient (Wildman–Crippen LogP) is 5.43. The number of ether oxygens (including phenoxy) is 2. The third-order valence-electron chi connectivity index (χ3n) is 3.59. The van der Waals surface area contributed by atoms with E-state index in [2.05, 4.69) is 42.0 Å². The number of carbonyl (C=O) groups excluding carboxylic acids is 1. The minimum absolute atomic E-state index is 0.0477. The highest BCUT2D eigenvalue weighted by Gasteiger charge is 2.15. The molecule has 0 aliphatic carbocycles. The van der Waals surface area contributed by atoms with Crippen molar-refractivity contribution < 1.29 is 14.3 Å². The van der Waals surface area contributed by atoms with E-state index in [1.165, 1.54) is 12.7 Å². The van der Waals surface area contributed by atoms with E-state index < -0.39 is 0 Å². The largest absolute Gasteiger partial charge is 0.495 e. The Morgan fingerprint density at radius 3 is 2.40 bits per heavy atom. The lowest BCUT2D eigenvalue weighted by atomic mass is 9.87. The van der Waals surface area contributed by atoms with Crippen LogP contribution in [-0.4, -0.2) is 19.6 Å². The number of amides is 1. The smallest absolute Gasteiger partial charge is 0.262 e. The van der Waals surface area contributed by atoms with E-state index in [0.29, 0.717) is 22.2 Å². The van der Waals surface area contributed by atoms with Gasteiger partial charge < -0.3 is 14.8 Å². The van der Waals surface area contributed by atoms with Crippen LogP contribution in [0.1, 0.15) is 26.3 Å². The van der Waals surface area contributed by atoms with Gasteiger partial charge >= 0.3 is 0 Å². The fourth-order valence-electron chi connectivity index (χ4n) is 2.17. The third kappa shape index (κ3) is 5.38. The van der Waals surface area contributed by atoms with E-state index >= 15 is 0 Å². The molecular weight excluding hydrogens is 406 g/mol. The third-order valence-corrected chi connectivity index (χ3v) is 4.51. The molecule has 2 aromatic rings. The Hall–Kier alpha value is -1.72. The van der Waals surface area contributed by atoms with Crippen LogP contribution in [0.4, 0.5) is 5.69 Å². The molecule has 0 atom stereocenters. The number of hydrogen-bond donors (Lipinski definition) is 1. The van der Waals surface area contributed by atoms with Gasteiger partial charge in [0.05, 0.1) is 16.6 Å². The molecule has 2 aromatic carbocycles. The van der Waals surface area contributed by atoms with E-state index in [-0.39, 0.29) is 17.9 Å². The molecule has 4 nitrogen and oxygen atoms in total. The summed E-state index contributed by atoms with van der Waals surface area (Å²) < 4.78 is 11.5. The quantitative estimate of drug-likeness (QED) is 0.694. The molecule has 0 aliphatic rings. The second kappa shape index (κ2) is 8.11. The lowest BCUT2D eigenvalue weighted by molar-refractivity contribution is -0.118. The number of hydrogen-bond acceptors (Lipinski definition) is 3. The van der Waals surface area contributed by atoms with E-state index in [1.807, 2.05) is 18.2 Å². The number of nitrogens with one attached hydrogen (secondary N) is 1. The molecule has 1 amide bonds. The number of benzene rings is 2. The average molecular weight is 427 g/mol. The van der Waals surface area contributed by atoms with Gasteiger partial charge in [0.2, 0.25) is 0 Å². The topological polar surface area (TPSA) is 47.6 Å². The first kappa shape index (κ1) is 19.6. The molecule has 134 valence electrons. The molecule has 0 unspecified atom stereocenters. The molecule has 1 N–H and O–H groups in total. The summed E-state index contributed by atoms with van der Waals surface area (Å²) >= 11 is 9.54. The zero-order valence-corrected chi connectivity index (χ0v) is 17.0. The highest BCUT2D eigenvalue weighted by Crippen LogP contribution is 2.31. The van der Waals surface area contributed by atoms with Crippen LogP contribution in [0.25, 0.3) is 0 Å². The molecule has 0 radical (unpaired) electrons. The van der Waals surface area contributed by atoms with Gasteiger partial charge in [-0.3, -0.25) is 4.79 Å². The first-order valence-corrected chi connectivity index (χ1v) is 8.94. The van der Waals surface area contributed by atoms with Crippen LogP contribution in [-0.2, 0) is 10.2 Å². The van der Waals surface area contributed by atoms with Crippen molar-refractivity contribution in [2.75, 3.05) is 19.0 Å². The van der Waals surface area contributed by atoms with Crippen molar-refractivity contribution in [3.05, 3.63) is 51.5 Å². The van der Waals surface area contributed by atoms with Gasteiger partial charge in [-0.2, -0.15) is 0 Å². The van der Waals surface area contributed by atoms with Crippen LogP contribution in [0.5, 0.6) is 11.5 Å². The Morgan fingerprint density at radius 1 is 1.16 bits per heavy atom. The van der Waals surface area contributed by atoms with Crippen LogP contribution < -0.4 is 14.8 Å². The molecule has 0 fully saturated rings. The molecule has 0 saturated carbocycles. The standard InChI is InChI=1S/C19H21BrClNO3/c1-19(2,3)12-5-7-16(14(20)9-12)25-11-18(23)22-13-6-8-17(24-4)15(21)10-13/h5-10H,11H2,1-4H3,(H,22,23). The van der Waals surface area contributed by atoms with Crippen molar-refractivity contribution in [1.82, 2.24) is 0 Å². The summed E-state index contributed by atoms with van der Waals surface area (Å²) in [5.74, 6) is 0.905. The zero-order chi connectivity index (χ0) is 18.6. The van der Waals surface area contributed by atoms with E-state index in [4.69, 9.17) is 21.1 Å². The Kier molecular flexibility index (Phi) is 6.36. The first-order chi connectivity index (χ1) is 11.7. The maximum atomic E-state index is 12.1. The Balaban J connectivity index is 1.97. The van der Waals surface area contributed by atoms with Crippen LogP contribution in [0, 0.1) is 0 Å². The molecule has 25 heavy (non-hydrogen) atoms. The van der Waals surface area contributed by atoms with Gasteiger partial charge in [0, 0.05) is 5.69 Å². The van der Waals surface area contributed by atoms with Crippen molar-refractivity contribution in [3.63, 3.8) is 0 Å². The van der Waals surface area contributed by atoms with Crippen molar-refractivity contribution in [1.29, 1.82) is 0 Å². The van der Waals surface area contributed by atoms with Crippen LogP contribution in [0.15, 0.2) is 40.9 Å². The van der Waals surface area contributed by atoms with Gasteiger partial charge in [-0.15, -0.1) is 0 Å². The number of methoxy groups -OCH3 is 1. The minimum Gasteiger partial charge on any atom is -0.495 e. The number of carbonyl (C=O) groups is 1. The monoisotopic (exact) mass is 425 g/mol. The zero-order valence-electron chi connectivity index (χ0n) is 14.7. The number of halogens is 2. The summed E-state index contributed by atoms with van der Waals surface area (Å²) in [7, 11) is 1.54. The van der Waals surface area contributed by atoms with Crippen molar-refractivity contribution in [3.8, 4) is 11.5 Å². The summed E-state index contributed by atoms with van der Waals surface area (Å²) in [5, 5.41) is 3.17. The summed E-state index contributed by atoms with van der Waals surface area (Å²) in [4.78, 5) is 12.1. The second-order valence-corrected chi connectivity index (χ2v) is 7.84. The molecule has 0 aliphatic heterocycles. The first-order valence-electron chi connectivity index (χ1n) is 7.77. The molecule has 6 heteroatoms. The molecular formula is C19H21BrClNO3. The minimum atomic E-state index is -0.270. The molecule has 0 saturated heterocycles. The fourth-order valence-corrected chi connectivity index (χ4v) is 2.92. The predicted molar refractivity (Wildman–Crippen MR) is 105 cm³/mol. The fraction of sp³-hybridized carbons (Fsp3) is 0.316. The summed E-state index contributed by atoms with van der Waals surface area (Å²) in [5.41, 5.74) is 1.82. The summed E-state index contributed by atoms with van der Waals surface area (Å²) in [6.07, 6.45) is 0. The lowest BCUT2D eigenvalue weighted by Crippen LogP contribution is -2.20. The molecule has 0 heterocycles. The summed E-state index contributed by atoms with van der Waals surface area (Å²) in [6, 6.07) is 10.9. The number of rotatable bonds is 5. The highest BCUT2D eigenvalue weighted by atomic mass is 79.9. The van der Waals surface area contributed by atoms with Gasteiger partial charge in [-0.25, -0.2) is 0 Å². The average Bonchev–Trinajstić information content (AvgIpc) is 2.53. The number of anilines is 1. The van der Waals surface area contributed by atoms with E-state index in [1.54, 1.807) is 18.2 Å². The second-order valence-electron chi connectivity index (χ2n) is 6.58. The van der Waals surface area contributed by atoms with Gasteiger partial charge in [0.1, 0.15) is 11.5 Å². The van der Waals surface area contributed by atoms with E-state index in [0.717, 1.165) is 4.47 Å². The van der Waals surface area contributed by atoms with Crippen molar-refractivity contribution in [2.45, 2.75) is 26.2 Å². The normalized spacial score (nSPS) is 11.1.